The van der Waals surface area contributed by atoms with E-state index in [0.717, 1.165) is 64.4 Å². The number of nitrogens with zero attached hydrogens (tertiary/aromatic N) is 1. The van der Waals surface area contributed by atoms with Crippen molar-refractivity contribution < 1.29 is 19.3 Å². The van der Waals surface area contributed by atoms with E-state index in [9.17, 15) is 4.79 Å². The third kappa shape index (κ3) is 4.28. The average molecular weight is 333 g/mol. The summed E-state index contributed by atoms with van der Waals surface area (Å²) in [6.45, 7) is 7.12. The van der Waals surface area contributed by atoms with Gasteiger partial charge in [0.25, 0.3) is 0 Å². The summed E-state index contributed by atoms with van der Waals surface area (Å²) in [5, 5.41) is 0. The second kappa shape index (κ2) is 7.99. The van der Waals surface area contributed by atoms with Crippen molar-refractivity contribution in [3.05, 3.63) is 29.8 Å². The Kier molecular flexibility index (Phi) is 5.74. The Labute approximate surface area is 145 Å². The fourth-order valence-corrected chi connectivity index (χ4v) is 3.96. The van der Waals surface area contributed by atoms with E-state index in [-0.39, 0.29) is 5.92 Å². The molecule has 2 atom stereocenters. The molecule has 2 heterocycles. The highest BCUT2D eigenvalue weighted by molar-refractivity contribution is 5.79. The molecular formula is C19H31N3O2+2. The van der Waals surface area contributed by atoms with Gasteiger partial charge in [0, 0.05) is 5.56 Å². The van der Waals surface area contributed by atoms with Crippen LogP contribution in [0.5, 0.6) is 5.75 Å². The number of likely N-dealkylation sites (tertiary alicyclic amines) is 1. The highest BCUT2D eigenvalue weighted by Gasteiger charge is 2.33. The highest BCUT2D eigenvalue weighted by atomic mass is 16.5. The molecule has 0 radical (unpaired) electrons. The molecule has 1 aromatic rings. The summed E-state index contributed by atoms with van der Waals surface area (Å²) in [5.41, 5.74) is 1.29. The first kappa shape index (κ1) is 17.2. The van der Waals surface area contributed by atoms with E-state index < -0.39 is 0 Å². The normalized spacial score (nSPS) is 25.5. The molecule has 0 spiro atoms. The minimum Gasteiger partial charge on any atom is -0.497 e. The van der Waals surface area contributed by atoms with Gasteiger partial charge in [0.1, 0.15) is 12.3 Å². The quantitative estimate of drug-likeness (QED) is 0.730. The Morgan fingerprint density at radius 3 is 2.83 bits per heavy atom. The van der Waals surface area contributed by atoms with Gasteiger partial charge in [-0.25, -0.2) is 0 Å². The van der Waals surface area contributed by atoms with Gasteiger partial charge in [-0.15, -0.1) is 0 Å². The Morgan fingerprint density at radius 1 is 1.29 bits per heavy atom. The minimum atomic E-state index is 0.206. The Morgan fingerprint density at radius 2 is 2.08 bits per heavy atom. The van der Waals surface area contributed by atoms with Crippen molar-refractivity contribution in [2.24, 2.45) is 5.92 Å². The number of ether oxygens (including phenoxy) is 1. The number of hydrogen-bond acceptors (Lipinski definition) is 2. The molecular weight excluding hydrogens is 302 g/mol. The second-order valence-electron chi connectivity index (χ2n) is 7.35. The van der Waals surface area contributed by atoms with Crippen molar-refractivity contribution in [1.82, 2.24) is 4.90 Å². The predicted molar refractivity (Wildman–Crippen MR) is 93.3 cm³/mol. The van der Waals surface area contributed by atoms with Crippen LogP contribution in [0.25, 0.3) is 0 Å². The van der Waals surface area contributed by atoms with E-state index in [1.165, 1.54) is 15.4 Å². The molecule has 5 heteroatoms. The van der Waals surface area contributed by atoms with E-state index in [2.05, 4.69) is 24.1 Å². The largest absolute Gasteiger partial charge is 0.497 e. The molecule has 3 rings (SSSR count). The molecule has 1 aromatic carbocycles. The number of hydrogen-bond donors (Lipinski definition) is 2. The van der Waals surface area contributed by atoms with Crippen molar-refractivity contribution in [2.75, 3.05) is 53.4 Å². The maximum absolute atomic E-state index is 12.8. The number of likely N-dealkylation sites (N-methyl/N-ethyl adjacent to an activating group) is 1. The summed E-state index contributed by atoms with van der Waals surface area (Å²) in [5.74, 6) is 1.51. The van der Waals surface area contributed by atoms with Gasteiger partial charge in [0.05, 0.1) is 59.3 Å². The minimum absolute atomic E-state index is 0.206. The Bertz CT molecular complexity index is 555. The van der Waals surface area contributed by atoms with Crippen LogP contribution < -0.4 is 14.5 Å². The van der Waals surface area contributed by atoms with Crippen LogP contribution in [-0.2, 0) is 11.3 Å². The molecule has 0 saturated carbocycles. The first-order valence-corrected chi connectivity index (χ1v) is 9.22. The van der Waals surface area contributed by atoms with Gasteiger partial charge in [-0.2, -0.15) is 0 Å². The number of carbonyl (C=O) groups excluding carboxylic acids is 1. The number of methoxy groups -OCH3 is 1. The third-order valence-electron chi connectivity index (χ3n) is 5.48. The van der Waals surface area contributed by atoms with Gasteiger partial charge >= 0.3 is 0 Å². The van der Waals surface area contributed by atoms with Crippen LogP contribution >= 0.6 is 0 Å². The van der Waals surface area contributed by atoms with Gasteiger partial charge in [-0.05, 0) is 25.0 Å². The van der Waals surface area contributed by atoms with Crippen LogP contribution in [0.1, 0.15) is 18.4 Å². The Hall–Kier alpha value is -1.59. The summed E-state index contributed by atoms with van der Waals surface area (Å²) in [6, 6.07) is 8.30. The van der Waals surface area contributed by atoms with Gasteiger partial charge in [-0.3, -0.25) is 4.79 Å². The van der Waals surface area contributed by atoms with Crippen molar-refractivity contribution in [1.29, 1.82) is 0 Å². The summed E-state index contributed by atoms with van der Waals surface area (Å²) >= 11 is 0. The van der Waals surface area contributed by atoms with Gasteiger partial charge < -0.3 is 19.4 Å². The average Bonchev–Trinajstić information content (AvgIpc) is 2.62. The molecule has 1 unspecified atom stereocenters. The molecule has 2 fully saturated rings. The SMILES string of the molecule is COc1cccc(C[NH+]2CCC[C@@H](C(=O)N3CC[NH+](C)CC3)C2)c1. The lowest BCUT2D eigenvalue weighted by molar-refractivity contribution is -0.921. The lowest BCUT2D eigenvalue weighted by atomic mass is 9.95. The number of quaternary nitrogens is 2. The fourth-order valence-electron chi connectivity index (χ4n) is 3.96. The first-order chi connectivity index (χ1) is 11.7. The monoisotopic (exact) mass is 333 g/mol. The number of carbonyl (C=O) groups is 1. The van der Waals surface area contributed by atoms with Crippen LogP contribution in [0.3, 0.4) is 0 Å². The molecule has 2 saturated heterocycles. The molecule has 5 nitrogen and oxygen atoms in total. The third-order valence-corrected chi connectivity index (χ3v) is 5.48. The van der Waals surface area contributed by atoms with Gasteiger partial charge in [0.2, 0.25) is 5.91 Å². The molecule has 0 aromatic heterocycles. The van der Waals surface area contributed by atoms with Crippen molar-refractivity contribution in [3.63, 3.8) is 0 Å². The van der Waals surface area contributed by atoms with E-state index in [4.69, 9.17) is 4.74 Å². The maximum Gasteiger partial charge on any atom is 0.231 e. The first-order valence-electron chi connectivity index (χ1n) is 9.22. The number of benzene rings is 1. The van der Waals surface area contributed by atoms with Crippen molar-refractivity contribution in [3.8, 4) is 5.75 Å². The zero-order valence-electron chi connectivity index (χ0n) is 15.0. The molecule has 2 aliphatic heterocycles. The predicted octanol–water partition coefficient (Wildman–Crippen LogP) is -1.15. The number of piperazine rings is 1. The van der Waals surface area contributed by atoms with E-state index >= 15 is 0 Å². The van der Waals surface area contributed by atoms with Crippen molar-refractivity contribution >= 4 is 5.91 Å². The zero-order chi connectivity index (χ0) is 16.9. The van der Waals surface area contributed by atoms with Crippen LogP contribution in [-0.4, -0.2) is 64.2 Å². The fraction of sp³-hybridized carbons (Fsp3) is 0.632. The highest BCUT2D eigenvalue weighted by Crippen LogP contribution is 2.14. The van der Waals surface area contributed by atoms with Crippen LogP contribution in [0.2, 0.25) is 0 Å². The maximum atomic E-state index is 12.8. The standard InChI is InChI=1S/C19H29N3O2/c1-20-9-11-22(12-10-20)19(23)17-6-4-8-21(15-17)14-16-5-3-7-18(13-16)24-2/h3,5,7,13,17H,4,6,8-12,14-15H2,1-2H3/p+2/t17-/m1/s1. The van der Waals surface area contributed by atoms with E-state index in [1.807, 2.05) is 12.1 Å². The topological polar surface area (TPSA) is 38.4 Å². The molecule has 132 valence electrons. The summed E-state index contributed by atoms with van der Waals surface area (Å²) in [6.07, 6.45) is 2.20. The van der Waals surface area contributed by atoms with E-state index in [0.29, 0.717) is 5.91 Å². The number of piperidine rings is 1. The molecule has 2 aliphatic rings. The van der Waals surface area contributed by atoms with Gasteiger partial charge in [0.15, 0.2) is 0 Å². The molecule has 24 heavy (non-hydrogen) atoms. The smallest absolute Gasteiger partial charge is 0.231 e. The van der Waals surface area contributed by atoms with Crippen LogP contribution in [0.4, 0.5) is 0 Å². The Balaban J connectivity index is 1.56. The molecule has 0 aliphatic carbocycles. The van der Waals surface area contributed by atoms with Crippen LogP contribution in [0, 0.1) is 5.92 Å². The summed E-state index contributed by atoms with van der Waals surface area (Å²) in [7, 11) is 3.92. The zero-order valence-corrected chi connectivity index (χ0v) is 15.0. The summed E-state index contributed by atoms with van der Waals surface area (Å²) in [4.78, 5) is 18.0. The molecule has 2 N–H and O–H groups in total. The van der Waals surface area contributed by atoms with Crippen LogP contribution in [0.15, 0.2) is 24.3 Å². The number of amides is 1. The summed E-state index contributed by atoms with van der Waals surface area (Å²) < 4.78 is 5.32. The van der Waals surface area contributed by atoms with Gasteiger partial charge in [-0.1, -0.05) is 12.1 Å². The van der Waals surface area contributed by atoms with Crippen molar-refractivity contribution in [2.45, 2.75) is 19.4 Å². The number of nitrogens with one attached hydrogen (secondary N) is 2. The number of rotatable bonds is 4. The molecule has 0 bridgehead atoms. The second-order valence-corrected chi connectivity index (χ2v) is 7.35. The van der Waals surface area contributed by atoms with E-state index in [1.54, 1.807) is 7.11 Å². The lowest BCUT2D eigenvalue weighted by Gasteiger charge is -2.35. The lowest BCUT2D eigenvalue weighted by Crippen LogP contribution is -3.13. The molecule has 1 amide bonds.